The van der Waals surface area contributed by atoms with Gasteiger partial charge in [-0.2, -0.15) is 0 Å². The third-order valence-corrected chi connectivity index (χ3v) is 1.65. The minimum atomic E-state index is -0.0116. The maximum atomic E-state index is 10.8. The summed E-state index contributed by atoms with van der Waals surface area (Å²) in [6, 6.07) is 0. The van der Waals surface area contributed by atoms with Gasteiger partial charge in [-0.15, -0.1) is 0 Å². The zero-order chi connectivity index (χ0) is 6.85. The van der Waals surface area contributed by atoms with E-state index in [4.69, 9.17) is 12.2 Å². The zero-order valence-electron chi connectivity index (χ0n) is 5.10. The van der Waals surface area contributed by atoms with E-state index in [-0.39, 0.29) is 11.8 Å². The number of hydrogen-bond acceptors (Lipinski definition) is 3. The van der Waals surface area contributed by atoms with Gasteiger partial charge in [0.25, 0.3) is 0 Å². The zero-order valence-corrected chi connectivity index (χ0v) is 5.92. The molecule has 1 unspecified atom stereocenters. The highest BCUT2D eigenvalue weighted by Gasteiger charge is 2.36. The lowest BCUT2D eigenvalue weighted by Gasteiger charge is -1.97. The summed E-state index contributed by atoms with van der Waals surface area (Å²) >= 11 is 4.77. The largest absolute Gasteiger partial charge is 0.291 e. The second kappa shape index (κ2) is 2.41. The fourth-order valence-electron chi connectivity index (χ4n) is 0.591. The first-order valence-corrected chi connectivity index (χ1v) is 3.16. The molecule has 0 heterocycles. The molecule has 1 fully saturated rings. The summed E-state index contributed by atoms with van der Waals surface area (Å²) in [4.78, 5) is 11.6. The van der Waals surface area contributed by atoms with Gasteiger partial charge < -0.3 is 0 Å². The normalized spacial score (nSPS) is 23.7. The van der Waals surface area contributed by atoms with Crippen LogP contribution in [-0.2, 0) is 4.79 Å². The maximum Gasteiger partial charge on any atom is 0.242 e. The van der Waals surface area contributed by atoms with Crippen LogP contribution < -0.4 is 10.9 Å². The lowest BCUT2D eigenvalue weighted by molar-refractivity contribution is -0.122. The molecule has 0 saturated heterocycles. The van der Waals surface area contributed by atoms with E-state index >= 15 is 0 Å². The third kappa shape index (κ3) is 1.46. The van der Waals surface area contributed by atoms with Gasteiger partial charge in [0.1, 0.15) is 0 Å². The van der Waals surface area contributed by atoms with E-state index in [1.54, 1.807) is 7.05 Å². The van der Waals surface area contributed by atoms with Crippen molar-refractivity contribution in [3.63, 3.8) is 0 Å². The Hall–Kier alpha value is -0.480. The molecule has 50 valence electrons. The molecule has 0 aromatic heterocycles. The number of hydrazine groups is 1. The number of carbonyl (C=O) groups is 1. The number of nitrogens with one attached hydrogen (secondary N) is 2. The molecule has 0 aromatic rings. The molecule has 1 aliphatic rings. The van der Waals surface area contributed by atoms with Crippen molar-refractivity contribution in [2.24, 2.45) is 5.92 Å². The molecule has 1 saturated carbocycles. The van der Waals surface area contributed by atoms with E-state index < -0.39 is 0 Å². The molecule has 9 heavy (non-hydrogen) atoms. The monoisotopic (exact) mass is 144 g/mol. The highest BCUT2D eigenvalue weighted by molar-refractivity contribution is 7.81. The number of carbonyl (C=O) groups excluding carboxylic acids is 1. The van der Waals surface area contributed by atoms with Gasteiger partial charge in [0.2, 0.25) is 5.91 Å². The molecule has 2 N–H and O–H groups in total. The van der Waals surface area contributed by atoms with Crippen molar-refractivity contribution < 1.29 is 4.79 Å². The SMILES string of the molecule is CNNC(=O)C1CC1=S. The fraction of sp³-hybridized carbons (Fsp3) is 0.600. The van der Waals surface area contributed by atoms with Crippen LogP contribution in [0, 0.1) is 5.92 Å². The van der Waals surface area contributed by atoms with E-state index in [0.29, 0.717) is 0 Å². The number of thiocarbonyl (C=S) groups is 1. The Balaban J connectivity index is 2.28. The van der Waals surface area contributed by atoms with Gasteiger partial charge in [0.15, 0.2) is 0 Å². The summed E-state index contributed by atoms with van der Waals surface area (Å²) in [7, 11) is 1.66. The number of rotatable bonds is 2. The second-order valence-electron chi connectivity index (χ2n) is 1.96. The smallest absolute Gasteiger partial charge is 0.242 e. The van der Waals surface area contributed by atoms with Crippen molar-refractivity contribution >= 4 is 23.0 Å². The van der Waals surface area contributed by atoms with Crippen LogP contribution in [0.2, 0.25) is 0 Å². The van der Waals surface area contributed by atoms with Gasteiger partial charge in [0, 0.05) is 11.9 Å². The van der Waals surface area contributed by atoms with Crippen molar-refractivity contribution in [1.82, 2.24) is 10.9 Å². The van der Waals surface area contributed by atoms with E-state index in [9.17, 15) is 4.79 Å². The van der Waals surface area contributed by atoms with Crippen LogP contribution in [0.3, 0.4) is 0 Å². The lowest BCUT2D eigenvalue weighted by atomic mass is 10.4. The molecule has 4 heteroatoms. The summed E-state index contributed by atoms with van der Waals surface area (Å²) in [5.74, 6) is -0.00468. The van der Waals surface area contributed by atoms with Crippen LogP contribution in [0.4, 0.5) is 0 Å². The third-order valence-electron chi connectivity index (χ3n) is 1.20. The van der Waals surface area contributed by atoms with E-state index in [0.717, 1.165) is 11.3 Å². The molecule has 0 spiro atoms. The van der Waals surface area contributed by atoms with Crippen LogP contribution >= 0.6 is 12.2 Å². The lowest BCUT2D eigenvalue weighted by Crippen LogP contribution is -2.35. The predicted octanol–water partition coefficient (Wildman–Crippen LogP) is -0.373. The summed E-state index contributed by atoms with van der Waals surface area (Å²) in [5, 5.41) is 0. The van der Waals surface area contributed by atoms with Gasteiger partial charge in [-0.3, -0.25) is 10.2 Å². The molecule has 1 aliphatic carbocycles. The van der Waals surface area contributed by atoms with Crippen molar-refractivity contribution in [3.05, 3.63) is 0 Å². The van der Waals surface area contributed by atoms with Gasteiger partial charge >= 0.3 is 0 Å². The van der Waals surface area contributed by atoms with Crippen molar-refractivity contribution in [2.45, 2.75) is 6.42 Å². The first-order chi connectivity index (χ1) is 4.25. The topological polar surface area (TPSA) is 41.1 Å². The average Bonchev–Trinajstić information content (AvgIpc) is 2.47. The first kappa shape index (κ1) is 6.64. The van der Waals surface area contributed by atoms with Gasteiger partial charge in [-0.25, -0.2) is 5.43 Å². The Labute approximate surface area is 58.8 Å². The molecule has 1 atom stereocenters. The Morgan fingerprint density at radius 3 is 2.78 bits per heavy atom. The number of hydrogen-bond donors (Lipinski definition) is 2. The van der Waals surface area contributed by atoms with Gasteiger partial charge in [-0.05, 0) is 6.42 Å². The van der Waals surface area contributed by atoms with Crippen LogP contribution in [0.1, 0.15) is 6.42 Å². The Morgan fingerprint density at radius 2 is 2.44 bits per heavy atom. The summed E-state index contributed by atoms with van der Waals surface area (Å²) < 4.78 is 0. The molecule has 1 rings (SSSR count). The first-order valence-electron chi connectivity index (χ1n) is 2.75. The van der Waals surface area contributed by atoms with Gasteiger partial charge in [-0.1, -0.05) is 12.2 Å². The van der Waals surface area contributed by atoms with Crippen molar-refractivity contribution in [1.29, 1.82) is 0 Å². The minimum absolute atomic E-state index is 0.00690. The van der Waals surface area contributed by atoms with Crippen LogP contribution in [0.25, 0.3) is 0 Å². The van der Waals surface area contributed by atoms with E-state index in [1.165, 1.54) is 0 Å². The van der Waals surface area contributed by atoms with Crippen LogP contribution in [0.5, 0.6) is 0 Å². The highest BCUT2D eigenvalue weighted by atomic mass is 32.1. The maximum absolute atomic E-state index is 10.8. The molecule has 0 radical (unpaired) electrons. The van der Waals surface area contributed by atoms with Crippen LogP contribution in [0.15, 0.2) is 0 Å². The van der Waals surface area contributed by atoms with Crippen molar-refractivity contribution in [3.8, 4) is 0 Å². The van der Waals surface area contributed by atoms with E-state index in [2.05, 4.69) is 10.9 Å². The van der Waals surface area contributed by atoms with E-state index in [1.807, 2.05) is 0 Å². The van der Waals surface area contributed by atoms with Gasteiger partial charge in [0.05, 0.1) is 5.92 Å². The molecule has 0 bridgehead atoms. The standard InChI is InChI=1S/C5H8N2OS/c1-6-7-5(8)3-2-4(3)9/h3,6H,2H2,1H3,(H,7,8). The molecule has 1 amide bonds. The summed E-state index contributed by atoms with van der Waals surface area (Å²) in [6.07, 6.45) is 0.781. The Kier molecular flexibility index (Phi) is 1.78. The predicted molar refractivity (Wildman–Crippen MR) is 37.9 cm³/mol. The van der Waals surface area contributed by atoms with Crippen LogP contribution in [-0.4, -0.2) is 17.8 Å². The molecular formula is C5H8N2OS. The summed E-state index contributed by atoms with van der Waals surface area (Å²) in [5.41, 5.74) is 5.01. The minimum Gasteiger partial charge on any atom is -0.291 e. The number of amides is 1. The second-order valence-corrected chi connectivity index (χ2v) is 2.49. The summed E-state index contributed by atoms with van der Waals surface area (Å²) in [6.45, 7) is 0. The molecule has 0 aromatic carbocycles. The quantitative estimate of drug-likeness (QED) is 0.410. The molecular weight excluding hydrogens is 136 g/mol. The Bertz CT molecular complexity index is 157. The highest BCUT2D eigenvalue weighted by Crippen LogP contribution is 2.25. The molecule has 0 aliphatic heterocycles. The average molecular weight is 144 g/mol. The van der Waals surface area contributed by atoms with Crippen molar-refractivity contribution in [2.75, 3.05) is 7.05 Å². The molecule has 3 nitrogen and oxygen atoms in total. The Morgan fingerprint density at radius 1 is 1.89 bits per heavy atom. The fourth-order valence-corrected chi connectivity index (χ4v) is 0.865.